The molecule has 18 heavy (non-hydrogen) atoms. The monoisotopic (exact) mass is 249 g/mol. The number of nitrogens with two attached hydrogens (primary N) is 1. The predicted molar refractivity (Wildman–Crippen MR) is 63.7 cm³/mol. The molecule has 1 unspecified atom stereocenters. The lowest BCUT2D eigenvalue weighted by Crippen LogP contribution is -2.50. The van der Waals surface area contributed by atoms with Crippen molar-refractivity contribution in [3.05, 3.63) is 30.1 Å². The molecular weight excluding hydrogens is 234 g/mol. The van der Waals surface area contributed by atoms with Crippen molar-refractivity contribution < 1.29 is 14.7 Å². The lowest BCUT2D eigenvalue weighted by Gasteiger charge is -2.20. The van der Waals surface area contributed by atoms with Crippen molar-refractivity contribution in [3.63, 3.8) is 0 Å². The van der Waals surface area contributed by atoms with Gasteiger partial charge in [0.2, 0.25) is 5.91 Å². The maximum atomic E-state index is 12.0. The molecule has 1 aliphatic heterocycles. The van der Waals surface area contributed by atoms with Gasteiger partial charge >= 0.3 is 5.97 Å². The Hall–Kier alpha value is -1.95. The number of carboxylic acid groups (broad SMARTS) is 1. The van der Waals surface area contributed by atoms with Crippen molar-refractivity contribution in [2.75, 3.05) is 13.1 Å². The SMILES string of the molecule is NC1(C(=O)O)CCN(C(=O)Cc2cccnc2)C1. The zero-order chi connectivity index (χ0) is 13.2. The van der Waals surface area contributed by atoms with E-state index in [1.165, 1.54) is 4.90 Å². The van der Waals surface area contributed by atoms with Crippen LogP contribution in [0.4, 0.5) is 0 Å². The van der Waals surface area contributed by atoms with Crippen LogP contribution in [-0.2, 0) is 16.0 Å². The molecule has 1 amide bonds. The average Bonchev–Trinajstić information content (AvgIpc) is 2.75. The summed E-state index contributed by atoms with van der Waals surface area (Å²) >= 11 is 0. The zero-order valence-corrected chi connectivity index (χ0v) is 9.87. The van der Waals surface area contributed by atoms with Crippen molar-refractivity contribution >= 4 is 11.9 Å². The molecule has 1 aromatic heterocycles. The van der Waals surface area contributed by atoms with Crippen molar-refractivity contribution in [2.45, 2.75) is 18.4 Å². The molecule has 1 aliphatic rings. The van der Waals surface area contributed by atoms with Gasteiger partial charge in [0.15, 0.2) is 0 Å². The molecular formula is C12H15N3O3. The first kappa shape index (κ1) is 12.5. The first-order valence-electron chi connectivity index (χ1n) is 5.70. The Morgan fingerprint density at radius 1 is 1.56 bits per heavy atom. The second-order valence-corrected chi connectivity index (χ2v) is 4.56. The molecule has 2 heterocycles. The third kappa shape index (κ3) is 2.48. The van der Waals surface area contributed by atoms with Gasteiger partial charge in [0, 0.05) is 25.5 Å². The number of carbonyl (C=O) groups is 2. The van der Waals surface area contributed by atoms with Crippen LogP contribution in [0.25, 0.3) is 0 Å². The number of amides is 1. The van der Waals surface area contributed by atoms with Gasteiger partial charge in [0.25, 0.3) is 0 Å². The Morgan fingerprint density at radius 3 is 2.89 bits per heavy atom. The number of hydrogen-bond donors (Lipinski definition) is 2. The summed E-state index contributed by atoms with van der Waals surface area (Å²) in [6.07, 6.45) is 3.78. The van der Waals surface area contributed by atoms with E-state index in [-0.39, 0.29) is 18.9 Å². The third-order valence-electron chi connectivity index (χ3n) is 3.16. The number of hydrogen-bond acceptors (Lipinski definition) is 4. The topological polar surface area (TPSA) is 96.5 Å². The Bertz CT molecular complexity index is 463. The molecule has 96 valence electrons. The molecule has 0 aliphatic carbocycles. The summed E-state index contributed by atoms with van der Waals surface area (Å²) in [5.41, 5.74) is 5.23. The van der Waals surface area contributed by atoms with Gasteiger partial charge in [-0.2, -0.15) is 0 Å². The largest absolute Gasteiger partial charge is 0.480 e. The fourth-order valence-electron chi connectivity index (χ4n) is 2.01. The van der Waals surface area contributed by atoms with Gasteiger partial charge in [-0.15, -0.1) is 0 Å². The first-order valence-corrected chi connectivity index (χ1v) is 5.70. The summed E-state index contributed by atoms with van der Waals surface area (Å²) in [6.45, 7) is 0.462. The summed E-state index contributed by atoms with van der Waals surface area (Å²) in [4.78, 5) is 28.4. The number of pyridine rings is 1. The van der Waals surface area contributed by atoms with Crippen LogP contribution >= 0.6 is 0 Å². The fourth-order valence-corrected chi connectivity index (χ4v) is 2.01. The molecule has 1 atom stereocenters. The highest BCUT2D eigenvalue weighted by Crippen LogP contribution is 2.19. The Balaban J connectivity index is 1.98. The number of aromatic nitrogens is 1. The molecule has 0 saturated carbocycles. The zero-order valence-electron chi connectivity index (χ0n) is 9.87. The highest BCUT2D eigenvalue weighted by atomic mass is 16.4. The van der Waals surface area contributed by atoms with Crippen LogP contribution in [0, 0.1) is 0 Å². The summed E-state index contributed by atoms with van der Waals surface area (Å²) < 4.78 is 0. The quantitative estimate of drug-likeness (QED) is 0.762. The molecule has 6 nitrogen and oxygen atoms in total. The van der Waals surface area contributed by atoms with Gasteiger partial charge in [-0.05, 0) is 18.1 Å². The number of nitrogens with zero attached hydrogens (tertiary/aromatic N) is 2. The number of carbonyl (C=O) groups excluding carboxylic acids is 1. The fraction of sp³-hybridized carbons (Fsp3) is 0.417. The molecule has 1 aromatic rings. The van der Waals surface area contributed by atoms with E-state index in [4.69, 9.17) is 10.8 Å². The van der Waals surface area contributed by atoms with Crippen LogP contribution < -0.4 is 5.73 Å². The second kappa shape index (κ2) is 4.73. The van der Waals surface area contributed by atoms with Crippen LogP contribution in [0.2, 0.25) is 0 Å². The maximum Gasteiger partial charge on any atom is 0.325 e. The summed E-state index contributed by atoms with van der Waals surface area (Å²) in [7, 11) is 0. The summed E-state index contributed by atoms with van der Waals surface area (Å²) in [5, 5.41) is 8.99. The molecule has 0 radical (unpaired) electrons. The molecule has 0 spiro atoms. The van der Waals surface area contributed by atoms with E-state index in [1.807, 2.05) is 6.07 Å². The van der Waals surface area contributed by atoms with E-state index >= 15 is 0 Å². The minimum Gasteiger partial charge on any atom is -0.480 e. The minimum absolute atomic E-state index is 0.0709. The third-order valence-corrected chi connectivity index (χ3v) is 3.16. The molecule has 1 saturated heterocycles. The lowest BCUT2D eigenvalue weighted by atomic mass is 10.0. The Kier molecular flexibility index (Phi) is 3.29. The molecule has 1 fully saturated rings. The van der Waals surface area contributed by atoms with E-state index in [0.717, 1.165) is 5.56 Å². The van der Waals surface area contributed by atoms with Crippen LogP contribution in [0.5, 0.6) is 0 Å². The summed E-state index contributed by atoms with van der Waals surface area (Å²) in [5.74, 6) is -1.17. The minimum atomic E-state index is -1.30. The number of aliphatic carboxylic acids is 1. The van der Waals surface area contributed by atoms with Gasteiger partial charge in [0.1, 0.15) is 5.54 Å². The van der Waals surface area contributed by atoms with Gasteiger partial charge in [-0.3, -0.25) is 14.6 Å². The molecule has 6 heteroatoms. The highest BCUT2D eigenvalue weighted by Gasteiger charge is 2.42. The van der Waals surface area contributed by atoms with Gasteiger partial charge in [0.05, 0.1) is 6.42 Å². The van der Waals surface area contributed by atoms with Crippen LogP contribution in [0.3, 0.4) is 0 Å². The van der Waals surface area contributed by atoms with Crippen molar-refractivity contribution in [1.29, 1.82) is 0 Å². The van der Waals surface area contributed by atoms with Crippen LogP contribution in [-0.4, -0.2) is 45.5 Å². The van der Waals surface area contributed by atoms with Gasteiger partial charge in [-0.25, -0.2) is 0 Å². The molecule has 2 rings (SSSR count). The smallest absolute Gasteiger partial charge is 0.325 e. The van der Waals surface area contributed by atoms with Crippen molar-refractivity contribution in [1.82, 2.24) is 9.88 Å². The van der Waals surface area contributed by atoms with Crippen LogP contribution in [0.1, 0.15) is 12.0 Å². The van der Waals surface area contributed by atoms with Crippen LogP contribution in [0.15, 0.2) is 24.5 Å². The van der Waals surface area contributed by atoms with Crippen molar-refractivity contribution in [3.8, 4) is 0 Å². The molecule has 3 N–H and O–H groups in total. The van der Waals surface area contributed by atoms with E-state index in [0.29, 0.717) is 13.0 Å². The predicted octanol–water partition coefficient (Wildman–Crippen LogP) is -0.361. The average molecular weight is 249 g/mol. The van der Waals surface area contributed by atoms with Gasteiger partial charge in [-0.1, -0.05) is 6.07 Å². The van der Waals surface area contributed by atoms with Crippen molar-refractivity contribution in [2.24, 2.45) is 5.73 Å². The molecule has 0 aromatic carbocycles. The highest BCUT2D eigenvalue weighted by molar-refractivity contribution is 5.84. The van der Waals surface area contributed by atoms with E-state index in [9.17, 15) is 9.59 Å². The number of likely N-dealkylation sites (tertiary alicyclic amines) is 1. The Morgan fingerprint density at radius 2 is 2.33 bits per heavy atom. The summed E-state index contributed by atoms with van der Waals surface area (Å²) in [6, 6.07) is 3.57. The van der Waals surface area contributed by atoms with Gasteiger partial charge < -0.3 is 15.7 Å². The van der Waals surface area contributed by atoms with E-state index in [2.05, 4.69) is 4.98 Å². The molecule has 0 bridgehead atoms. The number of rotatable bonds is 3. The normalized spacial score (nSPS) is 23.1. The standard InChI is InChI=1S/C12H15N3O3/c13-12(11(17)18)3-5-15(8-12)10(16)6-9-2-1-4-14-7-9/h1-2,4,7H,3,5-6,8,13H2,(H,17,18). The number of carboxylic acids is 1. The first-order chi connectivity index (χ1) is 8.51. The maximum absolute atomic E-state index is 12.0. The second-order valence-electron chi connectivity index (χ2n) is 4.56. The Labute approximate surface area is 104 Å². The van der Waals surface area contributed by atoms with E-state index in [1.54, 1.807) is 18.5 Å². The van der Waals surface area contributed by atoms with E-state index < -0.39 is 11.5 Å². The lowest BCUT2D eigenvalue weighted by molar-refractivity contribution is -0.143.